The van der Waals surface area contributed by atoms with Gasteiger partial charge in [0.15, 0.2) is 25.0 Å². The first kappa shape index (κ1) is 24.7. The van der Waals surface area contributed by atoms with Crippen LogP contribution < -0.4 is 0 Å². The molecule has 156 valence electrons. The Kier molecular flexibility index (Phi) is 9.60. The molecule has 0 aromatic heterocycles. The Morgan fingerprint density at radius 2 is 1.15 bits per heavy atom. The molecule has 0 N–H and O–H groups in total. The van der Waals surface area contributed by atoms with Crippen molar-refractivity contribution in [2.75, 3.05) is 13.2 Å². The highest BCUT2D eigenvalue weighted by atomic mass is 28.4. The highest BCUT2D eigenvalue weighted by Crippen LogP contribution is 2.19. The van der Waals surface area contributed by atoms with E-state index in [9.17, 15) is 0 Å². The molecule has 4 nitrogen and oxygen atoms in total. The standard InChI is InChI=1S/C20H40O4Si3/c1-25(2,3)22-16-19(21-15-18-13-11-10-12-14-18)20(24-27(7,8)9)17-23-26(4,5)6/h10-14,19-20H,15-17H2,1-9H3. The summed E-state index contributed by atoms with van der Waals surface area (Å²) in [6, 6.07) is 10.3. The van der Waals surface area contributed by atoms with Crippen molar-refractivity contribution >= 4 is 25.0 Å². The van der Waals surface area contributed by atoms with Crippen molar-refractivity contribution in [1.82, 2.24) is 0 Å². The first-order valence-electron chi connectivity index (χ1n) is 9.86. The van der Waals surface area contributed by atoms with E-state index in [0.717, 1.165) is 5.56 Å². The van der Waals surface area contributed by atoms with Crippen molar-refractivity contribution in [1.29, 1.82) is 0 Å². The van der Waals surface area contributed by atoms with Gasteiger partial charge >= 0.3 is 0 Å². The molecule has 1 aromatic carbocycles. The third-order valence-electron chi connectivity index (χ3n) is 3.59. The molecule has 2 atom stereocenters. The van der Waals surface area contributed by atoms with Crippen molar-refractivity contribution in [3.63, 3.8) is 0 Å². The van der Waals surface area contributed by atoms with Crippen LogP contribution in [0.25, 0.3) is 0 Å². The van der Waals surface area contributed by atoms with Crippen LogP contribution in [-0.4, -0.2) is 50.4 Å². The molecule has 2 unspecified atom stereocenters. The van der Waals surface area contributed by atoms with E-state index in [1.165, 1.54) is 0 Å². The Hall–Kier alpha value is -0.289. The molecule has 0 amide bonds. The Morgan fingerprint density at radius 3 is 1.59 bits per heavy atom. The molecule has 0 bridgehead atoms. The van der Waals surface area contributed by atoms with Crippen molar-refractivity contribution in [3.8, 4) is 0 Å². The van der Waals surface area contributed by atoms with Gasteiger partial charge in [0.1, 0.15) is 6.10 Å². The average molecular weight is 429 g/mol. The van der Waals surface area contributed by atoms with Crippen LogP contribution in [0.5, 0.6) is 0 Å². The lowest BCUT2D eigenvalue weighted by Gasteiger charge is -2.35. The lowest BCUT2D eigenvalue weighted by atomic mass is 10.2. The lowest BCUT2D eigenvalue weighted by Crippen LogP contribution is -2.48. The van der Waals surface area contributed by atoms with Crippen LogP contribution in [0.2, 0.25) is 58.9 Å². The number of benzene rings is 1. The first-order valence-corrected chi connectivity index (χ1v) is 20.1. The minimum atomic E-state index is -1.75. The molecule has 7 heteroatoms. The van der Waals surface area contributed by atoms with Gasteiger partial charge in [-0.3, -0.25) is 0 Å². The van der Waals surface area contributed by atoms with Gasteiger partial charge in [-0.05, 0) is 64.5 Å². The number of rotatable bonds is 12. The normalized spacial score (nSPS) is 15.6. The minimum absolute atomic E-state index is 0.108. The highest BCUT2D eigenvalue weighted by Gasteiger charge is 2.32. The van der Waals surface area contributed by atoms with Crippen LogP contribution in [0, 0.1) is 0 Å². The molecule has 0 spiro atoms. The Bertz CT molecular complexity index is 533. The fourth-order valence-corrected chi connectivity index (χ4v) is 4.83. The highest BCUT2D eigenvalue weighted by molar-refractivity contribution is 6.70. The van der Waals surface area contributed by atoms with Gasteiger partial charge in [-0.1, -0.05) is 30.3 Å². The van der Waals surface area contributed by atoms with E-state index >= 15 is 0 Å². The number of hydrogen-bond acceptors (Lipinski definition) is 4. The SMILES string of the molecule is C[Si](C)(C)OCC(OCc1ccccc1)C(CO[Si](C)(C)C)O[Si](C)(C)C. The quantitative estimate of drug-likeness (QED) is 0.412. The van der Waals surface area contributed by atoms with Crippen molar-refractivity contribution in [3.05, 3.63) is 35.9 Å². The summed E-state index contributed by atoms with van der Waals surface area (Å²) in [7, 11) is -5.04. The Labute approximate surface area is 170 Å². The average Bonchev–Trinajstić information content (AvgIpc) is 2.50. The van der Waals surface area contributed by atoms with Gasteiger partial charge in [-0.25, -0.2) is 0 Å². The van der Waals surface area contributed by atoms with Gasteiger partial charge in [0.05, 0.1) is 25.9 Å². The van der Waals surface area contributed by atoms with Crippen molar-refractivity contribution in [2.24, 2.45) is 0 Å². The van der Waals surface area contributed by atoms with Crippen LogP contribution in [0.1, 0.15) is 5.56 Å². The van der Waals surface area contributed by atoms with Gasteiger partial charge in [-0.15, -0.1) is 0 Å². The van der Waals surface area contributed by atoms with E-state index in [4.69, 9.17) is 18.0 Å². The monoisotopic (exact) mass is 428 g/mol. The summed E-state index contributed by atoms with van der Waals surface area (Å²) in [5.41, 5.74) is 1.16. The predicted octanol–water partition coefficient (Wildman–Crippen LogP) is 5.49. The minimum Gasteiger partial charge on any atom is -0.415 e. The second-order valence-corrected chi connectivity index (χ2v) is 23.4. The molecule has 0 fully saturated rings. The maximum absolute atomic E-state index is 6.50. The zero-order valence-electron chi connectivity index (χ0n) is 18.8. The van der Waals surface area contributed by atoms with E-state index in [0.29, 0.717) is 19.8 Å². The fourth-order valence-electron chi connectivity index (χ4n) is 2.38. The summed E-state index contributed by atoms with van der Waals surface area (Å²) in [4.78, 5) is 0. The third kappa shape index (κ3) is 12.7. The van der Waals surface area contributed by atoms with Gasteiger partial charge < -0.3 is 18.0 Å². The maximum atomic E-state index is 6.50. The second kappa shape index (κ2) is 10.5. The topological polar surface area (TPSA) is 36.9 Å². The molecule has 0 aliphatic heterocycles. The zero-order chi connectivity index (χ0) is 20.7. The predicted molar refractivity (Wildman–Crippen MR) is 122 cm³/mol. The van der Waals surface area contributed by atoms with Crippen LogP contribution in [0.15, 0.2) is 30.3 Å². The second-order valence-electron chi connectivity index (χ2n) is 9.95. The van der Waals surface area contributed by atoms with Gasteiger partial charge in [0.25, 0.3) is 0 Å². The third-order valence-corrected chi connectivity index (χ3v) is 6.66. The van der Waals surface area contributed by atoms with Gasteiger partial charge in [-0.2, -0.15) is 0 Å². The van der Waals surface area contributed by atoms with E-state index < -0.39 is 25.0 Å². The number of hydrogen-bond donors (Lipinski definition) is 0. The largest absolute Gasteiger partial charge is 0.415 e. The molecule has 0 saturated heterocycles. The molecule has 1 rings (SSSR count). The summed E-state index contributed by atoms with van der Waals surface area (Å²) in [5.74, 6) is 0. The summed E-state index contributed by atoms with van der Waals surface area (Å²) in [5, 5.41) is 0. The molecular formula is C20H40O4Si3. The van der Waals surface area contributed by atoms with Crippen LogP contribution in [0.4, 0.5) is 0 Å². The first-order chi connectivity index (χ1) is 12.3. The summed E-state index contributed by atoms with van der Waals surface area (Å²) >= 11 is 0. The van der Waals surface area contributed by atoms with Crippen molar-refractivity contribution in [2.45, 2.75) is 77.7 Å². The summed E-state index contributed by atoms with van der Waals surface area (Å²) < 4.78 is 25.2. The van der Waals surface area contributed by atoms with Crippen LogP contribution in [-0.2, 0) is 24.6 Å². The van der Waals surface area contributed by atoms with E-state index in [2.05, 4.69) is 71.1 Å². The zero-order valence-corrected chi connectivity index (χ0v) is 21.8. The summed E-state index contributed by atoms with van der Waals surface area (Å²) in [6.07, 6.45) is -0.247. The summed E-state index contributed by atoms with van der Waals surface area (Å²) in [6.45, 7) is 21.5. The molecule has 0 saturated carbocycles. The van der Waals surface area contributed by atoms with Crippen molar-refractivity contribution < 1.29 is 18.0 Å². The Balaban J connectivity index is 2.91. The molecule has 0 aliphatic rings. The van der Waals surface area contributed by atoms with E-state index in [-0.39, 0.29) is 12.2 Å². The van der Waals surface area contributed by atoms with E-state index in [1.54, 1.807) is 0 Å². The maximum Gasteiger partial charge on any atom is 0.184 e. The van der Waals surface area contributed by atoms with E-state index in [1.807, 2.05) is 18.2 Å². The fraction of sp³-hybridized carbons (Fsp3) is 0.700. The molecular weight excluding hydrogens is 388 g/mol. The molecule has 27 heavy (non-hydrogen) atoms. The molecule has 0 heterocycles. The van der Waals surface area contributed by atoms with Crippen LogP contribution in [0.3, 0.4) is 0 Å². The molecule has 0 radical (unpaired) electrons. The molecule has 0 aliphatic carbocycles. The van der Waals surface area contributed by atoms with Gasteiger partial charge in [0, 0.05) is 0 Å². The van der Waals surface area contributed by atoms with Crippen LogP contribution >= 0.6 is 0 Å². The lowest BCUT2D eigenvalue weighted by molar-refractivity contribution is -0.0736. The Morgan fingerprint density at radius 1 is 0.667 bits per heavy atom. The molecule has 1 aromatic rings. The number of ether oxygens (including phenoxy) is 1. The van der Waals surface area contributed by atoms with Gasteiger partial charge in [0.2, 0.25) is 0 Å². The smallest absolute Gasteiger partial charge is 0.184 e.